The highest BCUT2D eigenvalue weighted by Crippen LogP contribution is 2.59. The fraction of sp³-hybridized carbons (Fsp3) is 0.375. The Balaban J connectivity index is 1.57. The zero-order chi connectivity index (χ0) is 23.7. The van der Waals surface area contributed by atoms with Crippen molar-refractivity contribution in [1.29, 1.82) is 0 Å². The van der Waals surface area contributed by atoms with Crippen molar-refractivity contribution >= 4 is 28.5 Å². The van der Waals surface area contributed by atoms with Crippen LogP contribution in [0, 0.1) is 18.8 Å². The molecule has 1 aromatic heterocycles. The number of nitrogens with one attached hydrogen (secondary N) is 1. The largest absolute Gasteiger partial charge is 0.478 e. The quantitative estimate of drug-likeness (QED) is 0.610. The Labute approximate surface area is 188 Å². The molecule has 1 saturated carbocycles. The number of nitrogens with zero attached hydrogens (tertiary/aromatic N) is 3. The van der Waals surface area contributed by atoms with E-state index < -0.39 is 23.7 Å². The molecule has 2 aromatic carbocycles. The molecule has 2 heterocycles. The summed E-state index contributed by atoms with van der Waals surface area (Å²) in [4.78, 5) is 31.3. The summed E-state index contributed by atoms with van der Waals surface area (Å²) in [6.45, 7) is 4.09. The first-order chi connectivity index (χ1) is 15.6. The molecule has 0 radical (unpaired) electrons. The number of para-hydroxylation sites is 1. The highest BCUT2D eigenvalue weighted by molar-refractivity contribution is 5.94. The number of piperidine rings is 1. The zero-order valence-electron chi connectivity index (χ0n) is 18.5. The van der Waals surface area contributed by atoms with Crippen molar-refractivity contribution in [3.63, 3.8) is 0 Å². The topological polar surface area (TPSA) is 87.5 Å². The third kappa shape index (κ3) is 3.34. The number of carbonyl (C=O) groups is 1. The summed E-state index contributed by atoms with van der Waals surface area (Å²) in [5, 5.41) is 13.2. The standard InChI is InChI=1S/C24H24F2N4O3/c1-12-8-15(13(2)27-19-7-5-4-6-14(19)22(32)33)20-16(9-12)21(31)29(3)23(28-20)30-10-17-18(11-30)24(17,25)26/h4-9,13,17-18,27H,10-11H2,1-3H3,(H,32,33)/t13-,17?,18?/m1/s1. The van der Waals surface area contributed by atoms with Crippen LogP contribution in [-0.2, 0) is 7.05 Å². The van der Waals surface area contributed by atoms with Crippen molar-refractivity contribution in [3.8, 4) is 0 Å². The Kier molecular flexibility index (Phi) is 4.70. The average Bonchev–Trinajstić information content (AvgIpc) is 3.10. The van der Waals surface area contributed by atoms with Gasteiger partial charge in [0.25, 0.3) is 11.5 Å². The molecule has 1 aliphatic heterocycles. The maximum atomic E-state index is 13.7. The van der Waals surface area contributed by atoms with Gasteiger partial charge >= 0.3 is 5.97 Å². The van der Waals surface area contributed by atoms with Crippen LogP contribution in [-0.4, -0.2) is 39.6 Å². The number of aryl methyl sites for hydroxylation is 1. The van der Waals surface area contributed by atoms with E-state index in [1.165, 1.54) is 10.6 Å². The minimum absolute atomic E-state index is 0.142. The van der Waals surface area contributed by atoms with Gasteiger partial charge in [-0.3, -0.25) is 9.36 Å². The molecule has 1 saturated heterocycles. The summed E-state index contributed by atoms with van der Waals surface area (Å²) in [6.07, 6.45) is 0. The second-order valence-electron chi connectivity index (χ2n) is 9.04. The van der Waals surface area contributed by atoms with Crippen molar-refractivity contribution in [3.05, 3.63) is 63.4 Å². The van der Waals surface area contributed by atoms with Crippen molar-refractivity contribution in [2.45, 2.75) is 25.8 Å². The van der Waals surface area contributed by atoms with E-state index in [1.807, 2.05) is 19.9 Å². The van der Waals surface area contributed by atoms with Gasteiger partial charge in [-0.2, -0.15) is 0 Å². The van der Waals surface area contributed by atoms with Crippen molar-refractivity contribution in [2.75, 3.05) is 23.3 Å². The Morgan fingerprint density at radius 3 is 2.58 bits per heavy atom. The monoisotopic (exact) mass is 454 g/mol. The van der Waals surface area contributed by atoms with Gasteiger partial charge in [0, 0.05) is 31.4 Å². The van der Waals surface area contributed by atoms with Crippen LogP contribution in [0.5, 0.6) is 0 Å². The molecule has 0 spiro atoms. The lowest BCUT2D eigenvalue weighted by Crippen LogP contribution is -2.34. The number of carboxylic acid groups (broad SMARTS) is 1. The highest BCUT2D eigenvalue weighted by atomic mass is 19.3. The van der Waals surface area contributed by atoms with Crippen LogP contribution in [0.4, 0.5) is 20.4 Å². The average molecular weight is 454 g/mol. The van der Waals surface area contributed by atoms with Gasteiger partial charge in [0.1, 0.15) is 0 Å². The van der Waals surface area contributed by atoms with E-state index in [0.29, 0.717) is 22.5 Å². The van der Waals surface area contributed by atoms with E-state index in [-0.39, 0.29) is 30.3 Å². The predicted molar refractivity (Wildman–Crippen MR) is 121 cm³/mol. The highest BCUT2D eigenvalue weighted by Gasteiger charge is 2.72. The van der Waals surface area contributed by atoms with Crippen molar-refractivity contribution < 1.29 is 18.7 Å². The fourth-order valence-corrected chi connectivity index (χ4v) is 4.93. The first-order valence-corrected chi connectivity index (χ1v) is 10.8. The Hall–Kier alpha value is -3.49. The van der Waals surface area contributed by atoms with Gasteiger partial charge < -0.3 is 15.3 Å². The van der Waals surface area contributed by atoms with E-state index in [0.717, 1.165) is 11.1 Å². The van der Waals surface area contributed by atoms with Crippen LogP contribution in [0.1, 0.15) is 34.5 Å². The number of aromatic carboxylic acids is 1. The number of carboxylic acids is 1. The number of rotatable bonds is 5. The molecule has 33 heavy (non-hydrogen) atoms. The van der Waals surface area contributed by atoms with Crippen LogP contribution in [0.25, 0.3) is 10.9 Å². The van der Waals surface area contributed by atoms with E-state index in [4.69, 9.17) is 4.98 Å². The van der Waals surface area contributed by atoms with Crippen LogP contribution < -0.4 is 15.8 Å². The lowest BCUT2D eigenvalue weighted by molar-refractivity contribution is 0.0697. The molecule has 2 fully saturated rings. The molecule has 7 nitrogen and oxygen atoms in total. The third-order valence-corrected chi connectivity index (χ3v) is 6.81. The van der Waals surface area contributed by atoms with E-state index in [1.54, 1.807) is 36.2 Å². The second-order valence-corrected chi connectivity index (χ2v) is 9.04. The number of benzene rings is 2. The number of anilines is 2. The first-order valence-electron chi connectivity index (χ1n) is 10.8. The molecule has 9 heteroatoms. The zero-order valence-corrected chi connectivity index (χ0v) is 18.5. The number of aromatic nitrogens is 2. The molecule has 1 aliphatic carbocycles. The molecular weight excluding hydrogens is 430 g/mol. The minimum atomic E-state index is -2.62. The molecule has 0 amide bonds. The van der Waals surface area contributed by atoms with Gasteiger partial charge in [0.2, 0.25) is 5.95 Å². The third-order valence-electron chi connectivity index (χ3n) is 6.81. The smallest absolute Gasteiger partial charge is 0.337 e. The minimum Gasteiger partial charge on any atom is -0.478 e. The number of fused-ring (bicyclic) bond motifs is 2. The maximum Gasteiger partial charge on any atom is 0.337 e. The summed E-state index contributed by atoms with van der Waals surface area (Å²) in [5.74, 6) is -4.66. The SMILES string of the molecule is Cc1cc([C@@H](C)Nc2ccccc2C(=O)O)c2nc(N3CC4C(C3)C4(F)F)n(C)c(=O)c2c1. The Morgan fingerprint density at radius 2 is 1.91 bits per heavy atom. The van der Waals surface area contributed by atoms with Crippen LogP contribution in [0.15, 0.2) is 41.2 Å². The van der Waals surface area contributed by atoms with Gasteiger partial charge in [-0.1, -0.05) is 18.2 Å². The number of hydrogen-bond donors (Lipinski definition) is 2. The first kappa shape index (κ1) is 21.4. The lowest BCUT2D eigenvalue weighted by Gasteiger charge is -2.25. The maximum absolute atomic E-state index is 13.7. The Morgan fingerprint density at radius 1 is 1.24 bits per heavy atom. The predicted octanol–water partition coefficient (Wildman–Crippen LogP) is 3.81. The van der Waals surface area contributed by atoms with Crippen LogP contribution in [0.3, 0.4) is 0 Å². The van der Waals surface area contributed by atoms with Crippen molar-refractivity contribution in [1.82, 2.24) is 9.55 Å². The summed E-state index contributed by atoms with van der Waals surface area (Å²) in [7, 11) is 1.61. The Bertz CT molecular complexity index is 1340. The second kappa shape index (κ2) is 7.26. The van der Waals surface area contributed by atoms with E-state index in [9.17, 15) is 23.5 Å². The molecular formula is C24H24F2N4O3. The van der Waals surface area contributed by atoms with E-state index in [2.05, 4.69) is 5.32 Å². The number of hydrogen-bond acceptors (Lipinski definition) is 5. The lowest BCUT2D eigenvalue weighted by atomic mass is 10.0. The van der Waals surface area contributed by atoms with Gasteiger partial charge in [0.05, 0.1) is 34.3 Å². The van der Waals surface area contributed by atoms with Crippen LogP contribution in [0.2, 0.25) is 0 Å². The van der Waals surface area contributed by atoms with Gasteiger partial charge in [-0.05, 0) is 37.6 Å². The molecule has 3 aromatic rings. The van der Waals surface area contributed by atoms with Gasteiger partial charge in [0.15, 0.2) is 0 Å². The van der Waals surface area contributed by atoms with Gasteiger partial charge in [-0.25, -0.2) is 18.6 Å². The molecule has 2 unspecified atom stereocenters. The molecule has 3 atom stereocenters. The number of alkyl halides is 2. The molecule has 2 N–H and O–H groups in total. The summed E-state index contributed by atoms with van der Waals surface area (Å²) in [6, 6.07) is 9.93. The number of halogens is 2. The molecule has 0 bridgehead atoms. The molecule has 5 rings (SSSR count). The molecule has 2 aliphatic rings. The summed E-state index contributed by atoms with van der Waals surface area (Å²) >= 11 is 0. The van der Waals surface area contributed by atoms with E-state index >= 15 is 0 Å². The summed E-state index contributed by atoms with van der Waals surface area (Å²) < 4.78 is 28.8. The van der Waals surface area contributed by atoms with Gasteiger partial charge in [-0.15, -0.1) is 0 Å². The van der Waals surface area contributed by atoms with Crippen LogP contribution >= 0.6 is 0 Å². The molecule has 172 valence electrons. The summed E-state index contributed by atoms with van der Waals surface area (Å²) in [5.41, 5.74) is 2.44. The fourth-order valence-electron chi connectivity index (χ4n) is 4.93. The van der Waals surface area contributed by atoms with Crippen molar-refractivity contribution in [2.24, 2.45) is 18.9 Å². The normalized spacial score (nSPS) is 21.7.